The second-order valence-corrected chi connectivity index (χ2v) is 21.9. The molecule has 1 unspecified atom stereocenters. The Bertz CT molecular complexity index is 1990. The summed E-state index contributed by atoms with van der Waals surface area (Å²) >= 11 is 0. The molecule has 15 atom stereocenters. The number of halogens is 3. The summed E-state index contributed by atoms with van der Waals surface area (Å²) < 4.78 is 71.9. The highest BCUT2D eigenvalue weighted by Crippen LogP contribution is 2.38. The minimum absolute atomic E-state index is 0.0101. The van der Waals surface area contributed by atoms with E-state index in [0.717, 1.165) is 10.5 Å². The largest absolute Gasteiger partial charge is 0.460 e. The van der Waals surface area contributed by atoms with Gasteiger partial charge in [0.25, 0.3) is 11.7 Å². The van der Waals surface area contributed by atoms with Gasteiger partial charge in [0.05, 0.1) is 56.9 Å². The van der Waals surface area contributed by atoms with Crippen LogP contribution in [0.15, 0.2) is 47.6 Å². The molecule has 15 nitrogen and oxygen atoms in total. The van der Waals surface area contributed by atoms with E-state index in [-0.39, 0.29) is 93.6 Å². The van der Waals surface area contributed by atoms with Crippen molar-refractivity contribution in [2.24, 2.45) is 41.4 Å². The van der Waals surface area contributed by atoms with Crippen LogP contribution in [-0.4, -0.2) is 151 Å². The number of aliphatic hydroxyl groups excluding tert-OH is 2. The summed E-state index contributed by atoms with van der Waals surface area (Å²) in [5, 5.41) is 34.3. The minimum Gasteiger partial charge on any atom is -0.460 e. The number of hydrogen-bond acceptors (Lipinski definition) is 14. The van der Waals surface area contributed by atoms with Crippen LogP contribution >= 0.6 is 0 Å². The Morgan fingerprint density at radius 1 is 0.867 bits per heavy atom. The molecule has 3 N–H and O–H groups in total. The van der Waals surface area contributed by atoms with Crippen LogP contribution in [-0.2, 0) is 52.4 Å². The lowest BCUT2D eigenvalue weighted by atomic mass is 9.78. The Morgan fingerprint density at radius 2 is 1.57 bits per heavy atom. The second kappa shape index (κ2) is 30.5. The highest BCUT2D eigenvalue weighted by molar-refractivity contribution is 6.39. The number of cyclic esters (lactones) is 1. The summed E-state index contributed by atoms with van der Waals surface area (Å²) in [4.78, 5) is 72.6. The number of piperidine rings is 1. The first-order valence-corrected chi connectivity index (χ1v) is 27.4. The number of aliphatic hydroxyl groups is 3. The van der Waals surface area contributed by atoms with Crippen molar-refractivity contribution in [1.29, 1.82) is 0 Å². The van der Waals surface area contributed by atoms with Crippen molar-refractivity contribution in [2.45, 2.75) is 193 Å². The molecular weight excluding hydrogens is 980 g/mol. The van der Waals surface area contributed by atoms with Gasteiger partial charge in [0.1, 0.15) is 30.3 Å². The zero-order chi connectivity index (χ0) is 55.6. The maximum Gasteiger partial charge on any atom is 0.411 e. The van der Waals surface area contributed by atoms with E-state index in [0.29, 0.717) is 69.8 Å². The molecule has 4 aliphatic rings. The number of ketones is 3. The fraction of sp³-hybridized carbons (Fsp3) is 0.772. The van der Waals surface area contributed by atoms with Crippen molar-refractivity contribution in [3.63, 3.8) is 0 Å². The molecule has 1 amide bonds. The molecule has 0 aromatic carbocycles. The Balaban J connectivity index is 1.68. The van der Waals surface area contributed by atoms with Gasteiger partial charge < -0.3 is 48.6 Å². The van der Waals surface area contributed by atoms with Crippen LogP contribution in [0.3, 0.4) is 0 Å². The first-order valence-electron chi connectivity index (χ1n) is 27.4. The molecule has 3 fully saturated rings. The highest BCUT2D eigenvalue weighted by atomic mass is 19.4. The number of rotatable bonds is 13. The van der Waals surface area contributed by atoms with E-state index in [1.807, 2.05) is 65.0 Å². The van der Waals surface area contributed by atoms with E-state index in [9.17, 15) is 52.5 Å². The number of allylic oxidation sites excluding steroid dienone is 6. The molecule has 2 saturated heterocycles. The summed E-state index contributed by atoms with van der Waals surface area (Å²) in [6, 6.07) is -1.20. The zero-order valence-corrected chi connectivity index (χ0v) is 45.9. The Kier molecular flexibility index (Phi) is 26.0. The average Bonchev–Trinajstić information content (AvgIpc) is 3.36. The quantitative estimate of drug-likeness (QED) is 0.0690. The van der Waals surface area contributed by atoms with Crippen LogP contribution < -0.4 is 0 Å². The van der Waals surface area contributed by atoms with Crippen molar-refractivity contribution in [3.8, 4) is 0 Å². The molecule has 0 aromatic rings. The van der Waals surface area contributed by atoms with E-state index in [4.69, 9.17) is 23.7 Å². The number of nitrogens with zero attached hydrogens (tertiary/aromatic N) is 1. The number of carbonyl (C=O) groups excluding carboxylic acids is 5. The minimum atomic E-state index is -4.46. The number of fused-ring (bicyclic) bond motifs is 3. The van der Waals surface area contributed by atoms with Gasteiger partial charge in [-0.05, 0) is 113 Å². The predicted octanol–water partition coefficient (Wildman–Crippen LogP) is 8.16. The molecule has 3 aliphatic heterocycles. The molecule has 0 spiro atoms. The van der Waals surface area contributed by atoms with Gasteiger partial charge in [0.2, 0.25) is 5.79 Å². The van der Waals surface area contributed by atoms with Gasteiger partial charge in [-0.25, -0.2) is 4.79 Å². The normalized spacial score (nSPS) is 36.9. The summed E-state index contributed by atoms with van der Waals surface area (Å²) in [5.41, 5.74) is 1.21. The molecule has 75 heavy (non-hydrogen) atoms. The van der Waals surface area contributed by atoms with E-state index in [2.05, 4.69) is 4.74 Å². The summed E-state index contributed by atoms with van der Waals surface area (Å²) in [6.07, 6.45) is 7.10. The van der Waals surface area contributed by atoms with Gasteiger partial charge in [-0.3, -0.25) is 19.2 Å². The lowest BCUT2D eigenvalue weighted by Gasteiger charge is -2.43. The predicted molar refractivity (Wildman–Crippen MR) is 275 cm³/mol. The van der Waals surface area contributed by atoms with Gasteiger partial charge in [-0.2, -0.15) is 13.2 Å². The molecule has 0 radical (unpaired) electrons. The van der Waals surface area contributed by atoms with Crippen LogP contribution in [0.1, 0.15) is 139 Å². The first kappa shape index (κ1) is 63.9. The van der Waals surface area contributed by atoms with Crippen LogP contribution in [0.2, 0.25) is 0 Å². The molecule has 3 heterocycles. The Morgan fingerprint density at radius 3 is 2.27 bits per heavy atom. The van der Waals surface area contributed by atoms with Crippen LogP contribution in [0.4, 0.5) is 13.2 Å². The summed E-state index contributed by atoms with van der Waals surface area (Å²) in [5.74, 6) is -8.93. The number of hydrogen-bond donors (Lipinski definition) is 3. The Labute approximate surface area is 443 Å². The number of amides is 1. The maximum atomic E-state index is 14.5. The van der Waals surface area contributed by atoms with Crippen LogP contribution in [0.5, 0.6) is 0 Å². The molecule has 2 bridgehead atoms. The van der Waals surface area contributed by atoms with E-state index in [1.54, 1.807) is 34.0 Å². The van der Waals surface area contributed by atoms with Gasteiger partial charge in [-0.15, -0.1) is 0 Å². The van der Waals surface area contributed by atoms with Gasteiger partial charge in [0.15, 0.2) is 0 Å². The SMILES string of the molecule is CC[C@H]1C(=O)[C@H](C)C[C@H](C)/C=C/C=C/C=C(\C)C(OCCOCCOCC(F)(F)F)C[C@@H]2CC[C@@H](C)[C@@](O)(O2)C(=O)C(=O)N2CCCC[C@H]2C(=O)O[C@H]([C@H](C)C[C@@H]2CC[C@@H](O)[C@H](OC)C2)CC(=O)[C@H](C)/C=C(\C)[C@H]1O. The average molecular weight is 1070 g/mol. The number of Topliss-reactive ketones (excluding diaryl/α,β-unsaturated/α-hetero) is 3. The monoisotopic (exact) mass is 1070 g/mol. The first-order chi connectivity index (χ1) is 35.4. The van der Waals surface area contributed by atoms with Crippen molar-refractivity contribution in [1.82, 2.24) is 4.90 Å². The molecule has 0 aromatic heterocycles. The lowest BCUT2D eigenvalue weighted by Crippen LogP contribution is -2.61. The third-order valence-corrected chi connectivity index (χ3v) is 15.7. The zero-order valence-electron chi connectivity index (χ0n) is 45.9. The van der Waals surface area contributed by atoms with E-state index < -0.39 is 90.5 Å². The van der Waals surface area contributed by atoms with Crippen LogP contribution in [0, 0.1) is 41.4 Å². The molecule has 426 valence electrons. The number of ether oxygens (including phenoxy) is 6. The number of carbonyl (C=O) groups is 5. The standard InChI is InChI=1S/C57H88F3NO14/c1-10-44-51(64)39(6)28-35(2)16-12-11-13-17-36(3)48(73-27-26-71-24-25-72-34-56(58,59)60)32-43-21-19-41(8)57(69,75-43)53(66)54(67)61-23-15-14-18-45(61)55(68)74-49(33-47(63)37(4)29-40(7)52(44)65)38(5)30-42-20-22-46(62)50(31-42)70-9/h11-13,16-17,29,35,37-39,41-46,48-50,52,62,65,69H,10,14-15,18-28,30-34H2,1-9H3/b13-11+,16-12+,36-17+,40-29+/t35-,37-,38-,39-,41-,42+,43+,44+,45+,46-,48?,49+,50-,52-,57-/m1/s1. The van der Waals surface area contributed by atoms with Gasteiger partial charge in [0, 0.05) is 50.2 Å². The lowest BCUT2D eigenvalue weighted by molar-refractivity contribution is -0.266. The highest BCUT2D eigenvalue weighted by Gasteiger charge is 2.53. The van der Waals surface area contributed by atoms with Gasteiger partial charge >= 0.3 is 12.1 Å². The number of esters is 1. The topological polar surface area (TPSA) is 205 Å². The van der Waals surface area contributed by atoms with E-state index >= 15 is 0 Å². The van der Waals surface area contributed by atoms with Crippen molar-refractivity contribution in [2.75, 3.05) is 46.7 Å². The fourth-order valence-electron chi connectivity index (χ4n) is 11.0. The smallest absolute Gasteiger partial charge is 0.411 e. The number of methoxy groups -OCH3 is 1. The summed E-state index contributed by atoms with van der Waals surface area (Å²) in [7, 11) is 1.55. The fourth-order valence-corrected chi connectivity index (χ4v) is 11.0. The Hall–Kier alpha value is -3.62. The molecular formula is C57H88F3NO14. The summed E-state index contributed by atoms with van der Waals surface area (Å²) in [6.45, 7) is 12.8. The molecule has 1 aliphatic carbocycles. The molecule has 1 saturated carbocycles. The maximum absolute atomic E-state index is 14.5. The van der Waals surface area contributed by atoms with Crippen molar-refractivity contribution < 1.29 is 80.9 Å². The third-order valence-electron chi connectivity index (χ3n) is 15.7. The number of alkyl halides is 3. The van der Waals surface area contributed by atoms with Gasteiger partial charge in [-0.1, -0.05) is 78.0 Å². The molecule has 18 heteroatoms. The van der Waals surface area contributed by atoms with Crippen LogP contribution in [0.25, 0.3) is 0 Å². The molecule has 4 rings (SSSR count). The third kappa shape index (κ3) is 19.4. The second-order valence-electron chi connectivity index (χ2n) is 21.9. The van der Waals surface area contributed by atoms with E-state index in [1.165, 1.54) is 0 Å². The van der Waals surface area contributed by atoms with Crippen molar-refractivity contribution >= 4 is 29.2 Å². The van der Waals surface area contributed by atoms with Crippen molar-refractivity contribution in [3.05, 3.63) is 47.6 Å².